The Morgan fingerprint density at radius 3 is 2.37 bits per heavy atom. The molecule has 30 heavy (non-hydrogen) atoms. The predicted octanol–water partition coefficient (Wildman–Crippen LogP) is 2.23. The van der Waals surface area contributed by atoms with Crippen LogP contribution in [0.4, 0.5) is 11.4 Å². The van der Waals surface area contributed by atoms with E-state index in [0.717, 1.165) is 10.2 Å². The minimum absolute atomic E-state index is 0.0616. The standard InChI is InChI=1S/C20H19BrClN5O3/c21-10-1-5-12(6-2-10)23-18(29)14-9-15(28)25-17-16(14)19(30)27-20(26-17)24-13-7-3-11(22)4-8-13/h1-8,14,16-17,20,24,26H,9H2,(H,23,29)(H,25,28)(H,27,30). The third kappa shape index (κ3) is 4.58. The van der Waals surface area contributed by atoms with Crippen LogP contribution in [-0.4, -0.2) is 30.2 Å². The van der Waals surface area contributed by atoms with Crippen molar-refractivity contribution in [1.82, 2.24) is 16.0 Å². The molecule has 4 unspecified atom stereocenters. The van der Waals surface area contributed by atoms with E-state index in [4.69, 9.17) is 11.6 Å². The highest BCUT2D eigenvalue weighted by atomic mass is 79.9. The molecule has 156 valence electrons. The van der Waals surface area contributed by atoms with Crippen molar-refractivity contribution >= 4 is 56.6 Å². The van der Waals surface area contributed by atoms with Crippen LogP contribution in [0.5, 0.6) is 0 Å². The predicted molar refractivity (Wildman–Crippen MR) is 116 cm³/mol. The Kier molecular flexibility index (Phi) is 5.94. The number of benzene rings is 2. The maximum Gasteiger partial charge on any atom is 0.229 e. The third-order valence-corrected chi connectivity index (χ3v) is 5.83. The molecular formula is C20H19BrClN5O3. The van der Waals surface area contributed by atoms with Gasteiger partial charge >= 0.3 is 0 Å². The van der Waals surface area contributed by atoms with E-state index in [1.54, 1.807) is 48.5 Å². The van der Waals surface area contributed by atoms with Gasteiger partial charge < -0.3 is 21.3 Å². The number of halogens is 2. The van der Waals surface area contributed by atoms with Crippen LogP contribution in [0.25, 0.3) is 0 Å². The zero-order chi connectivity index (χ0) is 21.3. The van der Waals surface area contributed by atoms with E-state index in [2.05, 4.69) is 42.5 Å². The van der Waals surface area contributed by atoms with E-state index in [0.29, 0.717) is 10.7 Å². The largest absolute Gasteiger partial charge is 0.353 e. The van der Waals surface area contributed by atoms with E-state index in [1.165, 1.54) is 0 Å². The molecule has 10 heteroatoms. The van der Waals surface area contributed by atoms with Crippen LogP contribution in [0, 0.1) is 11.8 Å². The number of carbonyl (C=O) groups excluding carboxylic acids is 3. The van der Waals surface area contributed by atoms with Crippen LogP contribution >= 0.6 is 27.5 Å². The lowest BCUT2D eigenvalue weighted by molar-refractivity contribution is -0.144. The zero-order valence-corrected chi connectivity index (χ0v) is 18.0. The maximum atomic E-state index is 12.9. The van der Waals surface area contributed by atoms with E-state index in [-0.39, 0.29) is 24.1 Å². The molecule has 5 N–H and O–H groups in total. The van der Waals surface area contributed by atoms with Gasteiger partial charge in [0, 0.05) is 27.3 Å². The molecular weight excluding hydrogens is 474 g/mol. The van der Waals surface area contributed by atoms with Gasteiger partial charge in [0.05, 0.1) is 18.0 Å². The molecule has 0 spiro atoms. The second kappa shape index (κ2) is 8.63. The number of anilines is 2. The molecule has 8 nitrogen and oxygen atoms in total. The Bertz CT molecular complexity index is 969. The highest BCUT2D eigenvalue weighted by Crippen LogP contribution is 2.28. The molecule has 2 aromatic carbocycles. The second-order valence-electron chi connectivity index (χ2n) is 7.14. The Morgan fingerprint density at radius 1 is 1.00 bits per heavy atom. The van der Waals surface area contributed by atoms with Gasteiger partial charge in [-0.3, -0.25) is 19.7 Å². The van der Waals surface area contributed by atoms with Gasteiger partial charge in [-0.15, -0.1) is 0 Å². The maximum absolute atomic E-state index is 12.9. The first-order chi connectivity index (χ1) is 14.4. The Labute approximate surface area is 186 Å². The Balaban J connectivity index is 1.47. The Morgan fingerprint density at radius 2 is 1.67 bits per heavy atom. The summed E-state index contributed by atoms with van der Waals surface area (Å²) in [6.07, 6.45) is -1.35. The Hall–Kier alpha value is -2.62. The van der Waals surface area contributed by atoms with E-state index < -0.39 is 24.3 Å². The van der Waals surface area contributed by atoms with E-state index in [1.807, 2.05) is 0 Å². The molecule has 2 saturated heterocycles. The van der Waals surface area contributed by atoms with E-state index >= 15 is 0 Å². The van der Waals surface area contributed by atoms with Crippen molar-refractivity contribution in [2.75, 3.05) is 10.6 Å². The molecule has 3 amide bonds. The van der Waals surface area contributed by atoms with Crippen LogP contribution in [0.3, 0.4) is 0 Å². The monoisotopic (exact) mass is 491 g/mol. The fraction of sp³-hybridized carbons (Fsp3) is 0.250. The van der Waals surface area contributed by atoms with Crippen LogP contribution in [0.15, 0.2) is 53.0 Å². The lowest BCUT2D eigenvalue weighted by Gasteiger charge is -2.43. The minimum atomic E-state index is -0.795. The summed E-state index contributed by atoms with van der Waals surface area (Å²) in [5.41, 5.74) is 1.33. The molecule has 2 heterocycles. The molecule has 2 aliphatic rings. The first kappa shape index (κ1) is 20.6. The average molecular weight is 493 g/mol. The van der Waals surface area contributed by atoms with Crippen molar-refractivity contribution in [3.8, 4) is 0 Å². The number of amides is 3. The first-order valence-electron chi connectivity index (χ1n) is 9.33. The summed E-state index contributed by atoms with van der Waals surface area (Å²) < 4.78 is 0.882. The number of carbonyl (C=O) groups is 3. The quantitative estimate of drug-likeness (QED) is 0.449. The topological polar surface area (TPSA) is 111 Å². The minimum Gasteiger partial charge on any atom is -0.353 e. The van der Waals surface area contributed by atoms with Crippen molar-refractivity contribution < 1.29 is 14.4 Å². The molecule has 0 bridgehead atoms. The van der Waals surface area contributed by atoms with Crippen LogP contribution in [-0.2, 0) is 14.4 Å². The number of hydrogen-bond donors (Lipinski definition) is 5. The summed E-state index contributed by atoms with van der Waals surface area (Å²) >= 11 is 9.24. The summed E-state index contributed by atoms with van der Waals surface area (Å²) in [6, 6.07) is 14.1. The summed E-state index contributed by atoms with van der Waals surface area (Å²) in [4.78, 5) is 38.0. The molecule has 0 aliphatic carbocycles. The number of hydrogen-bond acceptors (Lipinski definition) is 5. The zero-order valence-electron chi connectivity index (χ0n) is 15.6. The van der Waals surface area contributed by atoms with Gasteiger partial charge in [0.15, 0.2) is 6.29 Å². The van der Waals surface area contributed by atoms with Gasteiger partial charge in [-0.1, -0.05) is 27.5 Å². The van der Waals surface area contributed by atoms with Crippen molar-refractivity contribution in [2.45, 2.75) is 18.9 Å². The third-order valence-electron chi connectivity index (χ3n) is 5.05. The number of nitrogens with one attached hydrogen (secondary N) is 5. The second-order valence-corrected chi connectivity index (χ2v) is 8.49. The van der Waals surface area contributed by atoms with Gasteiger partial charge in [-0.25, -0.2) is 0 Å². The summed E-state index contributed by atoms with van der Waals surface area (Å²) in [6.45, 7) is 0. The lowest BCUT2D eigenvalue weighted by atomic mass is 9.81. The number of fused-ring (bicyclic) bond motifs is 1. The molecule has 4 atom stereocenters. The molecule has 4 rings (SSSR count). The van der Waals surface area contributed by atoms with Crippen molar-refractivity contribution in [2.24, 2.45) is 11.8 Å². The van der Waals surface area contributed by atoms with Crippen molar-refractivity contribution in [1.29, 1.82) is 0 Å². The van der Waals surface area contributed by atoms with Gasteiger partial charge in [-0.2, -0.15) is 0 Å². The summed E-state index contributed by atoms with van der Waals surface area (Å²) in [5.74, 6) is -2.51. The molecule has 0 saturated carbocycles. The molecule has 2 aliphatic heterocycles. The van der Waals surface area contributed by atoms with Gasteiger partial charge in [0.2, 0.25) is 17.7 Å². The van der Waals surface area contributed by atoms with Gasteiger partial charge in [0.1, 0.15) is 0 Å². The van der Waals surface area contributed by atoms with Gasteiger partial charge in [0.25, 0.3) is 0 Å². The summed E-state index contributed by atoms with van der Waals surface area (Å²) in [5, 5.41) is 15.2. The van der Waals surface area contributed by atoms with Gasteiger partial charge in [-0.05, 0) is 48.5 Å². The first-order valence-corrected chi connectivity index (χ1v) is 10.5. The van der Waals surface area contributed by atoms with Crippen molar-refractivity contribution in [3.63, 3.8) is 0 Å². The fourth-order valence-corrected chi connectivity index (χ4v) is 4.03. The molecule has 2 aromatic rings. The molecule has 0 aromatic heterocycles. The summed E-state index contributed by atoms with van der Waals surface area (Å²) in [7, 11) is 0. The van der Waals surface area contributed by atoms with E-state index in [9.17, 15) is 14.4 Å². The molecule has 2 fully saturated rings. The van der Waals surface area contributed by atoms with Crippen LogP contribution in [0.2, 0.25) is 5.02 Å². The highest BCUT2D eigenvalue weighted by Gasteiger charge is 2.48. The number of piperidine rings is 1. The number of rotatable bonds is 4. The fourth-order valence-electron chi connectivity index (χ4n) is 3.63. The highest BCUT2D eigenvalue weighted by molar-refractivity contribution is 9.10. The average Bonchev–Trinajstić information content (AvgIpc) is 2.70. The lowest BCUT2D eigenvalue weighted by Crippen LogP contribution is -2.72. The van der Waals surface area contributed by atoms with Crippen LogP contribution < -0.4 is 26.6 Å². The molecule has 0 radical (unpaired) electrons. The smallest absolute Gasteiger partial charge is 0.229 e. The van der Waals surface area contributed by atoms with Crippen molar-refractivity contribution in [3.05, 3.63) is 58.0 Å². The van der Waals surface area contributed by atoms with Crippen LogP contribution in [0.1, 0.15) is 6.42 Å². The normalized spacial score (nSPS) is 25.5. The SMILES string of the molecule is O=C1CC(C(=O)Nc2ccc(Br)cc2)C2C(=O)NC(Nc3ccc(Cl)cc3)NC2N1.